The molecule has 0 N–H and O–H groups in total. The van der Waals surface area contributed by atoms with Gasteiger partial charge in [-0.25, -0.2) is 0 Å². The number of benzene rings is 1. The van der Waals surface area contributed by atoms with Crippen LogP contribution in [0.15, 0.2) is 36.4 Å². The summed E-state index contributed by atoms with van der Waals surface area (Å²) in [5, 5.41) is 0. The van der Waals surface area contributed by atoms with Gasteiger partial charge >= 0.3 is 0 Å². The van der Waals surface area contributed by atoms with Crippen molar-refractivity contribution < 1.29 is 4.79 Å². The zero-order valence-corrected chi connectivity index (χ0v) is 10.3. The second-order valence-corrected chi connectivity index (χ2v) is 5.06. The summed E-state index contributed by atoms with van der Waals surface area (Å²) in [6, 6.07) is 10.3. The summed E-state index contributed by atoms with van der Waals surface area (Å²) in [4.78, 5) is 11.3. The van der Waals surface area contributed by atoms with Crippen LogP contribution >= 0.6 is 0 Å². The second-order valence-electron chi connectivity index (χ2n) is 5.06. The first-order valence-electron chi connectivity index (χ1n) is 6.53. The van der Waals surface area contributed by atoms with Gasteiger partial charge in [0.25, 0.3) is 0 Å². The van der Waals surface area contributed by atoms with E-state index in [2.05, 4.69) is 24.3 Å². The Hall–Kier alpha value is -1.37. The van der Waals surface area contributed by atoms with Crippen LogP contribution in [0, 0.1) is 5.41 Å². The lowest BCUT2D eigenvalue weighted by Gasteiger charge is -2.30. The third-order valence-electron chi connectivity index (χ3n) is 3.73. The Morgan fingerprint density at radius 1 is 1.06 bits per heavy atom. The molecule has 0 heterocycles. The highest BCUT2D eigenvalue weighted by atomic mass is 16.1. The molecule has 1 aromatic carbocycles. The molecular weight excluding hydrogens is 208 g/mol. The summed E-state index contributed by atoms with van der Waals surface area (Å²) >= 11 is 0. The SMILES string of the molecule is O=CC1(C/C=C/c2ccccc2)CCCCC1. The molecule has 0 amide bonds. The van der Waals surface area contributed by atoms with Crippen molar-refractivity contribution in [2.45, 2.75) is 38.5 Å². The first kappa shape index (κ1) is 12.1. The number of aldehydes is 1. The third-order valence-corrected chi connectivity index (χ3v) is 3.73. The predicted molar refractivity (Wildman–Crippen MR) is 71.7 cm³/mol. The minimum absolute atomic E-state index is 0.0659. The average Bonchev–Trinajstić information content (AvgIpc) is 2.41. The molecule has 0 saturated heterocycles. The molecule has 0 spiro atoms. The van der Waals surface area contributed by atoms with Gasteiger partial charge < -0.3 is 4.79 Å². The molecule has 0 radical (unpaired) electrons. The van der Waals surface area contributed by atoms with Crippen LogP contribution in [0.1, 0.15) is 44.1 Å². The molecule has 1 aromatic rings. The largest absolute Gasteiger partial charge is 0.303 e. The maximum absolute atomic E-state index is 11.3. The van der Waals surface area contributed by atoms with E-state index in [1.165, 1.54) is 31.1 Å². The van der Waals surface area contributed by atoms with Crippen molar-refractivity contribution in [3.63, 3.8) is 0 Å². The zero-order chi connectivity index (χ0) is 12.0. The van der Waals surface area contributed by atoms with Gasteiger partial charge in [0.1, 0.15) is 6.29 Å². The first-order valence-corrected chi connectivity index (χ1v) is 6.53. The Morgan fingerprint density at radius 3 is 2.41 bits per heavy atom. The fraction of sp³-hybridized carbons (Fsp3) is 0.438. The topological polar surface area (TPSA) is 17.1 Å². The van der Waals surface area contributed by atoms with Crippen molar-refractivity contribution in [2.75, 3.05) is 0 Å². The van der Waals surface area contributed by atoms with Crippen LogP contribution in [-0.4, -0.2) is 6.29 Å². The number of carbonyl (C=O) groups is 1. The third kappa shape index (κ3) is 3.29. The molecule has 2 rings (SSSR count). The Bertz CT molecular complexity index is 372. The first-order chi connectivity index (χ1) is 8.35. The van der Waals surface area contributed by atoms with Gasteiger partial charge in [-0.2, -0.15) is 0 Å². The molecule has 17 heavy (non-hydrogen) atoms. The molecule has 1 fully saturated rings. The minimum Gasteiger partial charge on any atom is -0.303 e. The molecule has 1 heteroatoms. The van der Waals surface area contributed by atoms with Crippen molar-refractivity contribution in [2.24, 2.45) is 5.41 Å². The average molecular weight is 228 g/mol. The van der Waals surface area contributed by atoms with Crippen molar-refractivity contribution >= 4 is 12.4 Å². The van der Waals surface area contributed by atoms with Crippen LogP contribution in [0.2, 0.25) is 0 Å². The molecule has 1 saturated carbocycles. The summed E-state index contributed by atoms with van der Waals surface area (Å²) < 4.78 is 0. The van der Waals surface area contributed by atoms with E-state index in [1.54, 1.807) is 0 Å². The Balaban J connectivity index is 1.96. The van der Waals surface area contributed by atoms with E-state index < -0.39 is 0 Å². The van der Waals surface area contributed by atoms with Gasteiger partial charge in [0, 0.05) is 5.41 Å². The van der Waals surface area contributed by atoms with Gasteiger partial charge in [0.15, 0.2) is 0 Å². The predicted octanol–water partition coefficient (Wildman–Crippen LogP) is 4.24. The lowest BCUT2D eigenvalue weighted by Crippen LogP contribution is -2.24. The highest BCUT2D eigenvalue weighted by Gasteiger charge is 2.30. The van der Waals surface area contributed by atoms with Gasteiger partial charge in [0.05, 0.1) is 0 Å². The smallest absolute Gasteiger partial charge is 0.126 e. The molecule has 0 aromatic heterocycles. The zero-order valence-electron chi connectivity index (χ0n) is 10.3. The van der Waals surface area contributed by atoms with Gasteiger partial charge in [-0.1, -0.05) is 61.7 Å². The van der Waals surface area contributed by atoms with Gasteiger partial charge in [-0.15, -0.1) is 0 Å². The van der Waals surface area contributed by atoms with Gasteiger partial charge in [0.2, 0.25) is 0 Å². The number of hydrogen-bond donors (Lipinski definition) is 0. The normalized spacial score (nSPS) is 19.3. The minimum atomic E-state index is -0.0659. The Morgan fingerprint density at radius 2 is 1.76 bits per heavy atom. The van der Waals surface area contributed by atoms with E-state index in [1.807, 2.05) is 18.2 Å². The molecule has 1 aliphatic rings. The van der Waals surface area contributed by atoms with Crippen molar-refractivity contribution in [1.82, 2.24) is 0 Å². The number of carbonyl (C=O) groups excluding carboxylic acids is 1. The van der Waals surface area contributed by atoms with E-state index >= 15 is 0 Å². The highest BCUT2D eigenvalue weighted by molar-refractivity contribution is 5.61. The van der Waals surface area contributed by atoms with E-state index in [0.29, 0.717) is 0 Å². The van der Waals surface area contributed by atoms with E-state index in [4.69, 9.17) is 0 Å². The second kappa shape index (κ2) is 5.81. The summed E-state index contributed by atoms with van der Waals surface area (Å²) in [6.07, 6.45) is 12.2. The molecular formula is C16H20O. The van der Waals surface area contributed by atoms with Crippen molar-refractivity contribution in [1.29, 1.82) is 0 Å². The molecule has 0 atom stereocenters. The van der Waals surface area contributed by atoms with Gasteiger partial charge in [-0.3, -0.25) is 0 Å². The maximum Gasteiger partial charge on any atom is 0.126 e. The number of hydrogen-bond acceptors (Lipinski definition) is 1. The Labute approximate surface area is 104 Å². The summed E-state index contributed by atoms with van der Waals surface area (Å²) in [7, 11) is 0. The number of rotatable bonds is 4. The number of allylic oxidation sites excluding steroid dienone is 1. The van der Waals surface area contributed by atoms with Crippen LogP contribution in [0.5, 0.6) is 0 Å². The fourth-order valence-corrected chi connectivity index (χ4v) is 2.62. The highest BCUT2D eigenvalue weighted by Crippen LogP contribution is 2.37. The van der Waals surface area contributed by atoms with Crippen LogP contribution in [0.3, 0.4) is 0 Å². The van der Waals surface area contributed by atoms with Crippen LogP contribution < -0.4 is 0 Å². The van der Waals surface area contributed by atoms with Gasteiger partial charge in [-0.05, 0) is 24.8 Å². The van der Waals surface area contributed by atoms with E-state index in [-0.39, 0.29) is 5.41 Å². The molecule has 1 aliphatic carbocycles. The lowest BCUT2D eigenvalue weighted by molar-refractivity contribution is -0.117. The summed E-state index contributed by atoms with van der Waals surface area (Å²) in [5.41, 5.74) is 1.15. The van der Waals surface area contributed by atoms with Crippen LogP contribution in [0.25, 0.3) is 6.08 Å². The van der Waals surface area contributed by atoms with E-state index in [9.17, 15) is 4.79 Å². The quantitative estimate of drug-likeness (QED) is 0.704. The molecule has 0 aliphatic heterocycles. The molecule has 0 bridgehead atoms. The summed E-state index contributed by atoms with van der Waals surface area (Å²) in [6.45, 7) is 0. The molecule has 1 nitrogen and oxygen atoms in total. The van der Waals surface area contributed by atoms with Crippen LogP contribution in [-0.2, 0) is 4.79 Å². The molecule has 90 valence electrons. The standard InChI is InChI=1S/C16H20O/c17-14-16(11-5-2-6-12-16)13-7-10-15-8-3-1-4-9-15/h1,3-4,7-10,14H,2,5-6,11-13H2/b10-7+. The fourth-order valence-electron chi connectivity index (χ4n) is 2.62. The molecule has 0 unspecified atom stereocenters. The van der Waals surface area contributed by atoms with Crippen molar-refractivity contribution in [3.05, 3.63) is 42.0 Å². The lowest BCUT2D eigenvalue weighted by atomic mass is 9.73. The Kier molecular flexibility index (Phi) is 4.13. The monoisotopic (exact) mass is 228 g/mol. The van der Waals surface area contributed by atoms with Crippen molar-refractivity contribution in [3.8, 4) is 0 Å². The van der Waals surface area contributed by atoms with E-state index in [0.717, 1.165) is 19.3 Å². The maximum atomic E-state index is 11.3. The summed E-state index contributed by atoms with van der Waals surface area (Å²) in [5.74, 6) is 0. The van der Waals surface area contributed by atoms with Crippen LogP contribution in [0.4, 0.5) is 0 Å².